The molecule has 0 spiro atoms. The monoisotopic (exact) mass is 245 g/mol. The van der Waals surface area contributed by atoms with E-state index in [0.717, 1.165) is 25.0 Å². The normalized spacial score (nSPS) is 24.3. The molecular weight excluding hydrogens is 226 g/mol. The number of carbonyl (C=O) groups excluding carboxylic acids is 1. The molecule has 1 aliphatic rings. The number of rotatable bonds is 6. The van der Waals surface area contributed by atoms with E-state index in [1.807, 2.05) is 6.26 Å². The molecule has 0 aromatic carbocycles. The number of thioether (sulfide) groups is 1. The molecule has 1 fully saturated rings. The first-order valence-corrected chi connectivity index (χ1v) is 7.05. The molecule has 0 heterocycles. The molecule has 1 aliphatic carbocycles. The van der Waals surface area contributed by atoms with Crippen LogP contribution in [0.5, 0.6) is 0 Å². The van der Waals surface area contributed by atoms with E-state index in [0.29, 0.717) is 12.8 Å². The van der Waals surface area contributed by atoms with Crippen LogP contribution in [0.2, 0.25) is 0 Å². The Balaban J connectivity index is 2.30. The standard InChI is InChI=1S/C11H19NO3S/c1-16-7-3-6-10(13)12-9-5-2-4-8(9)11(14)15/h8-9H,2-7H2,1H3,(H,12,13)(H,14,15). The lowest BCUT2D eigenvalue weighted by Crippen LogP contribution is -2.40. The Bertz CT molecular complexity index is 258. The fourth-order valence-electron chi connectivity index (χ4n) is 2.08. The summed E-state index contributed by atoms with van der Waals surface area (Å²) in [6, 6.07) is -0.153. The number of carbonyl (C=O) groups is 2. The highest BCUT2D eigenvalue weighted by atomic mass is 32.2. The van der Waals surface area contributed by atoms with E-state index in [-0.39, 0.29) is 17.9 Å². The first kappa shape index (κ1) is 13.4. The molecule has 92 valence electrons. The van der Waals surface area contributed by atoms with Crippen LogP contribution < -0.4 is 5.32 Å². The molecule has 0 bridgehead atoms. The maximum Gasteiger partial charge on any atom is 0.308 e. The van der Waals surface area contributed by atoms with Gasteiger partial charge >= 0.3 is 5.97 Å². The van der Waals surface area contributed by atoms with Crippen molar-refractivity contribution in [3.63, 3.8) is 0 Å². The van der Waals surface area contributed by atoms with Crippen molar-refractivity contribution in [1.29, 1.82) is 0 Å². The summed E-state index contributed by atoms with van der Waals surface area (Å²) in [6.07, 6.45) is 5.75. The molecule has 2 atom stereocenters. The minimum Gasteiger partial charge on any atom is -0.481 e. The minimum atomic E-state index is -0.785. The number of aliphatic carboxylic acids is 1. The van der Waals surface area contributed by atoms with E-state index in [1.165, 1.54) is 0 Å². The van der Waals surface area contributed by atoms with Gasteiger partial charge in [0, 0.05) is 12.5 Å². The maximum absolute atomic E-state index is 11.5. The first-order chi connectivity index (χ1) is 7.65. The highest BCUT2D eigenvalue weighted by molar-refractivity contribution is 7.98. The van der Waals surface area contributed by atoms with Crippen molar-refractivity contribution in [3.05, 3.63) is 0 Å². The minimum absolute atomic E-state index is 0.00722. The van der Waals surface area contributed by atoms with Crippen LogP contribution in [0, 0.1) is 5.92 Å². The molecule has 5 heteroatoms. The Kier molecular flexibility index (Phi) is 5.66. The van der Waals surface area contributed by atoms with Crippen molar-refractivity contribution in [1.82, 2.24) is 5.32 Å². The molecule has 1 rings (SSSR count). The summed E-state index contributed by atoms with van der Waals surface area (Å²) in [4.78, 5) is 22.4. The third-order valence-corrected chi connectivity index (χ3v) is 3.63. The Hall–Kier alpha value is -0.710. The highest BCUT2D eigenvalue weighted by Crippen LogP contribution is 2.25. The van der Waals surface area contributed by atoms with Crippen molar-refractivity contribution in [2.45, 2.75) is 38.1 Å². The van der Waals surface area contributed by atoms with Gasteiger partial charge in [-0.15, -0.1) is 0 Å². The van der Waals surface area contributed by atoms with E-state index in [9.17, 15) is 9.59 Å². The largest absolute Gasteiger partial charge is 0.481 e. The SMILES string of the molecule is CSCCCC(=O)NC1CCCC1C(=O)O. The van der Waals surface area contributed by atoms with Crippen LogP contribution in [0.4, 0.5) is 0 Å². The van der Waals surface area contributed by atoms with Crippen molar-refractivity contribution in [2.24, 2.45) is 5.92 Å². The molecule has 0 aromatic heterocycles. The van der Waals surface area contributed by atoms with Gasteiger partial charge in [-0.25, -0.2) is 0 Å². The number of hydrogen-bond acceptors (Lipinski definition) is 3. The molecule has 0 aliphatic heterocycles. The van der Waals surface area contributed by atoms with Crippen molar-refractivity contribution in [2.75, 3.05) is 12.0 Å². The van der Waals surface area contributed by atoms with Gasteiger partial charge in [0.2, 0.25) is 5.91 Å². The Morgan fingerprint density at radius 2 is 2.19 bits per heavy atom. The summed E-state index contributed by atoms with van der Waals surface area (Å²) in [5, 5.41) is 11.8. The van der Waals surface area contributed by atoms with Crippen molar-refractivity contribution < 1.29 is 14.7 Å². The summed E-state index contributed by atoms with van der Waals surface area (Å²) >= 11 is 1.72. The van der Waals surface area contributed by atoms with Gasteiger partial charge in [0.1, 0.15) is 0 Å². The van der Waals surface area contributed by atoms with Gasteiger partial charge in [-0.2, -0.15) is 11.8 Å². The quantitative estimate of drug-likeness (QED) is 0.696. The van der Waals surface area contributed by atoms with Crippen LogP contribution in [0.25, 0.3) is 0 Å². The molecule has 2 N–H and O–H groups in total. The fraction of sp³-hybridized carbons (Fsp3) is 0.818. The van der Waals surface area contributed by atoms with E-state index in [2.05, 4.69) is 5.32 Å². The lowest BCUT2D eigenvalue weighted by atomic mass is 10.0. The highest BCUT2D eigenvalue weighted by Gasteiger charge is 2.33. The third-order valence-electron chi connectivity index (χ3n) is 2.93. The van der Waals surface area contributed by atoms with Crippen LogP contribution in [-0.2, 0) is 9.59 Å². The summed E-state index contributed by atoms with van der Waals surface area (Å²) < 4.78 is 0. The first-order valence-electron chi connectivity index (χ1n) is 5.66. The van der Waals surface area contributed by atoms with Crippen LogP contribution in [0.3, 0.4) is 0 Å². The van der Waals surface area contributed by atoms with E-state index in [4.69, 9.17) is 5.11 Å². The second kappa shape index (κ2) is 6.78. The van der Waals surface area contributed by atoms with Gasteiger partial charge in [0.25, 0.3) is 0 Å². The van der Waals surface area contributed by atoms with Gasteiger partial charge in [0.05, 0.1) is 5.92 Å². The van der Waals surface area contributed by atoms with Crippen LogP contribution in [-0.4, -0.2) is 35.0 Å². The number of hydrogen-bond donors (Lipinski definition) is 2. The van der Waals surface area contributed by atoms with Gasteiger partial charge < -0.3 is 10.4 Å². The molecule has 0 saturated heterocycles. The second-order valence-electron chi connectivity index (χ2n) is 4.15. The predicted octanol–water partition coefficient (Wildman–Crippen LogP) is 1.50. The Labute approximate surface area is 100 Å². The average molecular weight is 245 g/mol. The zero-order chi connectivity index (χ0) is 12.0. The number of amides is 1. The Morgan fingerprint density at radius 1 is 1.44 bits per heavy atom. The van der Waals surface area contributed by atoms with Gasteiger partial charge in [-0.3, -0.25) is 9.59 Å². The van der Waals surface area contributed by atoms with Crippen molar-refractivity contribution in [3.8, 4) is 0 Å². The van der Waals surface area contributed by atoms with Crippen molar-refractivity contribution >= 4 is 23.6 Å². The second-order valence-corrected chi connectivity index (χ2v) is 5.13. The lowest BCUT2D eigenvalue weighted by molar-refractivity contribution is -0.142. The number of carboxylic acids is 1. The van der Waals surface area contributed by atoms with Crippen LogP contribution >= 0.6 is 11.8 Å². The topological polar surface area (TPSA) is 66.4 Å². The summed E-state index contributed by atoms with van der Waals surface area (Å²) in [5.41, 5.74) is 0. The summed E-state index contributed by atoms with van der Waals surface area (Å²) in [5.74, 6) is -0.205. The maximum atomic E-state index is 11.5. The Morgan fingerprint density at radius 3 is 2.81 bits per heavy atom. The van der Waals surface area contributed by atoms with Gasteiger partial charge in [0.15, 0.2) is 0 Å². The number of carboxylic acid groups (broad SMARTS) is 1. The molecule has 1 saturated carbocycles. The lowest BCUT2D eigenvalue weighted by Gasteiger charge is -2.17. The predicted molar refractivity (Wildman–Crippen MR) is 64.5 cm³/mol. The van der Waals surface area contributed by atoms with Crippen LogP contribution in [0.1, 0.15) is 32.1 Å². The van der Waals surface area contributed by atoms with Gasteiger partial charge in [-0.05, 0) is 31.3 Å². The van der Waals surface area contributed by atoms with Gasteiger partial charge in [-0.1, -0.05) is 6.42 Å². The zero-order valence-corrected chi connectivity index (χ0v) is 10.4. The van der Waals surface area contributed by atoms with E-state index < -0.39 is 5.97 Å². The molecule has 4 nitrogen and oxygen atoms in total. The molecule has 0 aromatic rings. The van der Waals surface area contributed by atoms with E-state index >= 15 is 0 Å². The average Bonchev–Trinajstić information content (AvgIpc) is 2.66. The summed E-state index contributed by atoms with van der Waals surface area (Å²) in [7, 11) is 0. The smallest absolute Gasteiger partial charge is 0.308 e. The molecular formula is C11H19NO3S. The van der Waals surface area contributed by atoms with Crippen LogP contribution in [0.15, 0.2) is 0 Å². The zero-order valence-electron chi connectivity index (χ0n) is 9.57. The number of nitrogens with one attached hydrogen (secondary N) is 1. The molecule has 1 amide bonds. The molecule has 0 radical (unpaired) electrons. The fourth-order valence-corrected chi connectivity index (χ4v) is 2.52. The molecule has 2 unspecified atom stereocenters. The van der Waals surface area contributed by atoms with E-state index in [1.54, 1.807) is 11.8 Å². The third kappa shape index (κ3) is 4.04. The molecule has 16 heavy (non-hydrogen) atoms. The summed E-state index contributed by atoms with van der Waals surface area (Å²) in [6.45, 7) is 0.